The van der Waals surface area contributed by atoms with Crippen LogP contribution in [-0.4, -0.2) is 38.2 Å². The Morgan fingerprint density at radius 3 is 2.36 bits per heavy atom. The van der Waals surface area contributed by atoms with Crippen LogP contribution in [0.1, 0.15) is 39.2 Å². The molecule has 0 heterocycles. The molecular formula is C22H27NO5. The van der Waals surface area contributed by atoms with Crippen LogP contribution in [0.3, 0.4) is 0 Å². The van der Waals surface area contributed by atoms with E-state index < -0.39 is 21.7 Å². The molecule has 0 radical (unpaired) electrons. The second-order valence-electron chi connectivity index (χ2n) is 8.84. The van der Waals surface area contributed by atoms with Gasteiger partial charge in [-0.2, -0.15) is 0 Å². The third kappa shape index (κ3) is 1.69. The van der Waals surface area contributed by atoms with Gasteiger partial charge in [0.05, 0.1) is 19.6 Å². The lowest BCUT2D eigenvalue weighted by atomic mass is 9.23. The monoisotopic (exact) mass is 385 g/mol. The Hall–Kier alpha value is -2.37. The fraction of sp³-hybridized carbons (Fsp3) is 0.591. The molecule has 1 aromatic rings. The molecule has 4 atom stereocenters. The van der Waals surface area contributed by atoms with Gasteiger partial charge < -0.3 is 14.8 Å². The van der Waals surface area contributed by atoms with Crippen LogP contribution in [0.4, 0.5) is 0 Å². The number of carbonyl (C=O) groups is 3. The van der Waals surface area contributed by atoms with E-state index in [9.17, 15) is 14.4 Å². The second kappa shape index (κ2) is 5.58. The fourth-order valence-electron chi connectivity index (χ4n) is 6.43. The third-order valence-corrected chi connectivity index (χ3v) is 8.29. The van der Waals surface area contributed by atoms with Crippen molar-refractivity contribution >= 4 is 17.5 Å². The zero-order valence-electron chi connectivity index (χ0n) is 17.1. The maximum absolute atomic E-state index is 13.1. The first-order valence-corrected chi connectivity index (χ1v) is 9.74. The van der Waals surface area contributed by atoms with Crippen molar-refractivity contribution in [1.82, 2.24) is 5.32 Å². The van der Waals surface area contributed by atoms with Crippen molar-refractivity contribution in [1.29, 1.82) is 0 Å². The van der Waals surface area contributed by atoms with Crippen LogP contribution in [0.15, 0.2) is 18.2 Å². The Bertz CT molecular complexity index is 910. The number of Topliss-reactive ketones (excluding diaryl/α,β-unsaturated/α-hetero) is 2. The van der Waals surface area contributed by atoms with E-state index in [2.05, 4.69) is 5.32 Å². The van der Waals surface area contributed by atoms with Gasteiger partial charge in [-0.05, 0) is 43.9 Å². The van der Waals surface area contributed by atoms with E-state index >= 15 is 0 Å². The summed E-state index contributed by atoms with van der Waals surface area (Å²) in [7, 11) is 3.17. The number of nitrogens with one attached hydrogen (secondary N) is 1. The van der Waals surface area contributed by atoms with Crippen molar-refractivity contribution in [3.05, 3.63) is 23.8 Å². The van der Waals surface area contributed by atoms with Gasteiger partial charge in [-0.25, -0.2) is 0 Å². The summed E-state index contributed by atoms with van der Waals surface area (Å²) in [6, 6.07) is 5.64. The maximum Gasteiger partial charge on any atom is 0.234 e. The van der Waals surface area contributed by atoms with E-state index in [4.69, 9.17) is 9.47 Å². The topological polar surface area (TPSA) is 81.7 Å². The van der Waals surface area contributed by atoms with Crippen molar-refractivity contribution in [2.45, 2.75) is 40.0 Å². The van der Waals surface area contributed by atoms with Gasteiger partial charge in [0.25, 0.3) is 0 Å². The number of ether oxygens (including phenoxy) is 2. The quantitative estimate of drug-likeness (QED) is 0.760. The van der Waals surface area contributed by atoms with Crippen LogP contribution < -0.4 is 14.8 Å². The molecule has 0 saturated heterocycles. The van der Waals surface area contributed by atoms with Gasteiger partial charge >= 0.3 is 0 Å². The predicted octanol–water partition coefficient (Wildman–Crippen LogP) is 2.33. The van der Waals surface area contributed by atoms with E-state index in [0.29, 0.717) is 37.3 Å². The van der Waals surface area contributed by atoms with Crippen LogP contribution in [0.25, 0.3) is 0 Å². The first kappa shape index (κ1) is 19.0. The van der Waals surface area contributed by atoms with Crippen molar-refractivity contribution in [2.24, 2.45) is 21.7 Å². The molecular weight excluding hydrogens is 358 g/mol. The summed E-state index contributed by atoms with van der Waals surface area (Å²) in [4.78, 5) is 38.8. The standard InChI is InChI=1S/C22H27NO5/c1-19-9-10-22(17(25)20(2,16(19)24)21(19,22)3)18(26)23-11-8-13-6-7-14(27-4)15(12-13)28-5/h6-7,12H,8-11H2,1-5H3,(H,23,26). The van der Waals surface area contributed by atoms with Crippen LogP contribution in [0, 0.1) is 21.7 Å². The molecule has 3 fully saturated rings. The predicted molar refractivity (Wildman–Crippen MR) is 102 cm³/mol. The molecule has 0 spiro atoms. The van der Waals surface area contributed by atoms with Crippen molar-refractivity contribution < 1.29 is 23.9 Å². The van der Waals surface area contributed by atoms with E-state index in [-0.39, 0.29) is 17.5 Å². The molecule has 0 aliphatic heterocycles. The highest BCUT2D eigenvalue weighted by Crippen LogP contribution is 2.87. The smallest absolute Gasteiger partial charge is 0.234 e. The van der Waals surface area contributed by atoms with E-state index in [1.54, 1.807) is 21.1 Å². The summed E-state index contributed by atoms with van der Waals surface area (Å²) < 4.78 is 10.6. The van der Waals surface area contributed by atoms with Gasteiger partial charge in [0.15, 0.2) is 23.1 Å². The molecule has 4 rings (SSSR count). The number of hydrogen-bond donors (Lipinski definition) is 1. The first-order valence-electron chi connectivity index (χ1n) is 9.74. The zero-order valence-corrected chi connectivity index (χ0v) is 17.1. The number of ketones is 2. The average molecular weight is 385 g/mol. The van der Waals surface area contributed by atoms with Gasteiger partial charge in [0.1, 0.15) is 5.41 Å². The summed E-state index contributed by atoms with van der Waals surface area (Å²) in [5, 5.41) is 2.96. The van der Waals surface area contributed by atoms with Gasteiger partial charge in [-0.3, -0.25) is 14.4 Å². The molecule has 3 saturated carbocycles. The minimum Gasteiger partial charge on any atom is -0.493 e. The summed E-state index contributed by atoms with van der Waals surface area (Å²) in [6.07, 6.45) is 1.68. The van der Waals surface area contributed by atoms with Crippen LogP contribution in [-0.2, 0) is 20.8 Å². The summed E-state index contributed by atoms with van der Waals surface area (Å²) in [6.45, 7) is 6.01. The van der Waals surface area contributed by atoms with Crippen molar-refractivity contribution in [3.8, 4) is 11.5 Å². The van der Waals surface area contributed by atoms with E-state index in [0.717, 1.165) is 5.56 Å². The molecule has 0 aromatic heterocycles. The number of methoxy groups -OCH3 is 2. The molecule has 28 heavy (non-hydrogen) atoms. The molecule has 6 heteroatoms. The fourth-order valence-corrected chi connectivity index (χ4v) is 6.43. The normalized spacial score (nSPS) is 37.6. The Labute approximate surface area is 165 Å². The second-order valence-corrected chi connectivity index (χ2v) is 8.84. The highest BCUT2D eigenvalue weighted by atomic mass is 16.5. The Kier molecular flexibility index (Phi) is 3.78. The summed E-state index contributed by atoms with van der Waals surface area (Å²) in [5.41, 5.74) is -2.17. The lowest BCUT2D eigenvalue weighted by molar-refractivity contribution is -0.244. The lowest BCUT2D eigenvalue weighted by Gasteiger charge is -2.75. The zero-order chi connectivity index (χ0) is 20.5. The Balaban J connectivity index is 1.47. The molecule has 4 unspecified atom stereocenters. The maximum atomic E-state index is 13.1. The summed E-state index contributed by atoms with van der Waals surface area (Å²) >= 11 is 0. The van der Waals surface area contributed by atoms with Crippen molar-refractivity contribution in [3.63, 3.8) is 0 Å². The van der Waals surface area contributed by atoms with Crippen LogP contribution in [0.5, 0.6) is 11.5 Å². The summed E-state index contributed by atoms with van der Waals surface area (Å²) in [5.74, 6) is 0.891. The Morgan fingerprint density at radius 1 is 1.04 bits per heavy atom. The van der Waals surface area contributed by atoms with Gasteiger partial charge in [-0.1, -0.05) is 19.9 Å². The minimum absolute atomic E-state index is 0.0127. The van der Waals surface area contributed by atoms with Crippen molar-refractivity contribution in [2.75, 3.05) is 20.8 Å². The molecule has 6 nitrogen and oxygen atoms in total. The third-order valence-electron chi connectivity index (χ3n) is 8.29. The molecule has 3 aliphatic carbocycles. The van der Waals surface area contributed by atoms with E-state index in [1.807, 2.05) is 32.0 Å². The number of benzene rings is 1. The highest BCUT2D eigenvalue weighted by molar-refractivity contribution is 6.31. The van der Waals surface area contributed by atoms with Gasteiger partial charge in [0.2, 0.25) is 5.91 Å². The number of rotatable bonds is 6. The molecule has 3 aliphatic rings. The van der Waals surface area contributed by atoms with Gasteiger partial charge in [-0.15, -0.1) is 0 Å². The molecule has 1 amide bonds. The molecule has 0 bridgehead atoms. The molecule has 150 valence electrons. The lowest BCUT2D eigenvalue weighted by Crippen LogP contribution is -2.87. The number of carbonyl (C=O) groups excluding carboxylic acids is 3. The van der Waals surface area contributed by atoms with Crippen LogP contribution in [0.2, 0.25) is 0 Å². The Morgan fingerprint density at radius 2 is 1.71 bits per heavy atom. The van der Waals surface area contributed by atoms with Crippen LogP contribution >= 0.6 is 0 Å². The first-order chi connectivity index (χ1) is 13.1. The van der Waals surface area contributed by atoms with Gasteiger partial charge in [0, 0.05) is 17.4 Å². The number of amides is 1. The highest BCUT2D eigenvalue weighted by Gasteiger charge is 2.96. The SMILES string of the molecule is COc1ccc(CCNC(=O)C23CCC4(C)C(=O)C(C)(C2=O)C43C)cc1OC. The number of hydrogen-bond acceptors (Lipinski definition) is 5. The average Bonchev–Trinajstić information content (AvgIpc) is 2.87. The molecule has 1 aromatic carbocycles. The largest absolute Gasteiger partial charge is 0.493 e. The van der Waals surface area contributed by atoms with E-state index in [1.165, 1.54) is 0 Å². The minimum atomic E-state index is -1.05. The molecule has 1 N–H and O–H groups in total.